The van der Waals surface area contributed by atoms with Gasteiger partial charge in [0, 0.05) is 12.7 Å². The molecule has 0 atom stereocenters. The molecule has 0 N–H and O–H groups in total. The van der Waals surface area contributed by atoms with E-state index in [1.165, 1.54) is 0 Å². The lowest BCUT2D eigenvalue weighted by Crippen LogP contribution is -1.99. The predicted octanol–water partition coefficient (Wildman–Crippen LogP) is 2.56. The molecule has 0 aliphatic rings. The highest BCUT2D eigenvalue weighted by atomic mass is 16.5. The zero-order chi connectivity index (χ0) is 11.4. The van der Waals surface area contributed by atoms with Gasteiger partial charge in [0.25, 0.3) is 0 Å². The summed E-state index contributed by atoms with van der Waals surface area (Å²) in [5.74, 6) is -0.341. The molecule has 0 aromatic rings. The summed E-state index contributed by atoms with van der Waals surface area (Å²) in [5, 5.41) is 0. The SMILES string of the molecule is C=CC(=O)OCCC.CCOC(C)C. The first-order valence-electron chi connectivity index (χ1n) is 4.99. The summed E-state index contributed by atoms with van der Waals surface area (Å²) in [4.78, 5) is 10.2. The maximum Gasteiger partial charge on any atom is 0.330 e. The Kier molecular flexibility index (Phi) is 13.6. The van der Waals surface area contributed by atoms with Gasteiger partial charge in [0.15, 0.2) is 0 Å². The highest BCUT2D eigenvalue weighted by Crippen LogP contribution is 1.83. The Morgan fingerprint density at radius 3 is 2.21 bits per heavy atom. The molecule has 0 radical (unpaired) electrons. The molecule has 0 aliphatic carbocycles. The van der Waals surface area contributed by atoms with Crippen LogP contribution in [-0.4, -0.2) is 25.3 Å². The van der Waals surface area contributed by atoms with Gasteiger partial charge < -0.3 is 9.47 Å². The van der Waals surface area contributed by atoms with Crippen molar-refractivity contribution in [2.75, 3.05) is 13.2 Å². The molecular weight excluding hydrogens is 180 g/mol. The van der Waals surface area contributed by atoms with Crippen LogP contribution in [0.25, 0.3) is 0 Å². The summed E-state index contributed by atoms with van der Waals surface area (Å²) in [6.45, 7) is 12.6. The van der Waals surface area contributed by atoms with E-state index in [-0.39, 0.29) is 5.97 Å². The fourth-order valence-electron chi connectivity index (χ4n) is 0.595. The number of rotatable bonds is 5. The Balaban J connectivity index is 0. The maximum atomic E-state index is 10.2. The molecule has 0 aliphatic heterocycles. The van der Waals surface area contributed by atoms with Gasteiger partial charge in [-0.25, -0.2) is 4.79 Å². The maximum absolute atomic E-state index is 10.2. The van der Waals surface area contributed by atoms with Crippen molar-refractivity contribution < 1.29 is 14.3 Å². The first-order valence-corrected chi connectivity index (χ1v) is 4.99. The van der Waals surface area contributed by atoms with Crippen molar-refractivity contribution in [2.45, 2.75) is 40.2 Å². The molecule has 0 saturated carbocycles. The van der Waals surface area contributed by atoms with Crippen LogP contribution in [0.5, 0.6) is 0 Å². The third-order valence-corrected chi connectivity index (χ3v) is 1.12. The quantitative estimate of drug-likeness (QED) is 0.507. The second-order valence-electron chi connectivity index (χ2n) is 2.88. The van der Waals surface area contributed by atoms with Gasteiger partial charge in [-0.15, -0.1) is 0 Å². The van der Waals surface area contributed by atoms with Gasteiger partial charge in [-0.05, 0) is 27.2 Å². The molecule has 0 bridgehead atoms. The van der Waals surface area contributed by atoms with Gasteiger partial charge in [0.2, 0.25) is 0 Å². The molecule has 0 spiro atoms. The second kappa shape index (κ2) is 12.2. The van der Waals surface area contributed by atoms with E-state index in [1.54, 1.807) is 0 Å². The normalized spacial score (nSPS) is 8.93. The minimum Gasteiger partial charge on any atom is -0.463 e. The topological polar surface area (TPSA) is 35.5 Å². The Morgan fingerprint density at radius 2 is 2.00 bits per heavy atom. The minimum absolute atomic E-state index is 0.341. The van der Waals surface area contributed by atoms with Crippen LogP contribution in [0.1, 0.15) is 34.1 Å². The molecule has 14 heavy (non-hydrogen) atoms. The van der Waals surface area contributed by atoms with Crippen molar-refractivity contribution in [3.8, 4) is 0 Å². The van der Waals surface area contributed by atoms with Crippen LogP contribution in [0, 0.1) is 0 Å². The smallest absolute Gasteiger partial charge is 0.330 e. The lowest BCUT2D eigenvalue weighted by Gasteiger charge is -2.00. The van der Waals surface area contributed by atoms with E-state index >= 15 is 0 Å². The number of ether oxygens (including phenoxy) is 2. The van der Waals surface area contributed by atoms with Crippen LogP contribution in [0.3, 0.4) is 0 Å². The Bertz CT molecular complexity index is 141. The number of carbonyl (C=O) groups is 1. The summed E-state index contributed by atoms with van der Waals surface area (Å²) >= 11 is 0. The molecule has 84 valence electrons. The van der Waals surface area contributed by atoms with Crippen LogP contribution in [0.2, 0.25) is 0 Å². The molecule has 0 amide bonds. The Morgan fingerprint density at radius 1 is 1.43 bits per heavy atom. The number of hydrogen-bond donors (Lipinski definition) is 0. The summed E-state index contributed by atoms with van der Waals surface area (Å²) in [5.41, 5.74) is 0. The molecule has 0 heterocycles. The zero-order valence-electron chi connectivity index (χ0n) is 9.71. The van der Waals surface area contributed by atoms with Crippen LogP contribution < -0.4 is 0 Å². The minimum atomic E-state index is -0.341. The van der Waals surface area contributed by atoms with Crippen LogP contribution >= 0.6 is 0 Å². The Labute approximate surface area is 87.1 Å². The average Bonchev–Trinajstić information content (AvgIpc) is 2.15. The molecule has 0 aromatic heterocycles. The summed E-state index contributed by atoms with van der Waals surface area (Å²) in [7, 11) is 0. The molecule has 0 rings (SSSR count). The van der Waals surface area contributed by atoms with Gasteiger partial charge in [-0.1, -0.05) is 13.5 Å². The molecule has 0 unspecified atom stereocenters. The molecule has 3 nitrogen and oxygen atoms in total. The molecule has 3 heteroatoms. The molecular formula is C11H22O3. The van der Waals surface area contributed by atoms with Crippen molar-refractivity contribution in [1.82, 2.24) is 0 Å². The monoisotopic (exact) mass is 202 g/mol. The third-order valence-electron chi connectivity index (χ3n) is 1.12. The summed E-state index contributed by atoms with van der Waals surface area (Å²) in [6.07, 6.45) is 2.42. The molecule has 0 saturated heterocycles. The molecule has 0 fully saturated rings. The summed E-state index contributed by atoms with van der Waals surface area (Å²) < 4.78 is 9.62. The van der Waals surface area contributed by atoms with E-state index in [9.17, 15) is 4.79 Å². The lowest BCUT2D eigenvalue weighted by molar-refractivity contribution is -0.137. The highest BCUT2D eigenvalue weighted by Gasteiger charge is 1.89. The highest BCUT2D eigenvalue weighted by molar-refractivity contribution is 5.81. The van der Waals surface area contributed by atoms with Crippen molar-refractivity contribution in [3.63, 3.8) is 0 Å². The van der Waals surface area contributed by atoms with Crippen molar-refractivity contribution in [1.29, 1.82) is 0 Å². The fraction of sp³-hybridized carbons (Fsp3) is 0.727. The zero-order valence-corrected chi connectivity index (χ0v) is 9.71. The first kappa shape index (κ1) is 15.6. The third kappa shape index (κ3) is 17.3. The van der Waals surface area contributed by atoms with Gasteiger partial charge in [-0.3, -0.25) is 0 Å². The van der Waals surface area contributed by atoms with Crippen LogP contribution in [-0.2, 0) is 14.3 Å². The average molecular weight is 202 g/mol. The summed E-state index contributed by atoms with van der Waals surface area (Å²) in [6, 6.07) is 0. The largest absolute Gasteiger partial charge is 0.463 e. The Hall–Kier alpha value is -0.830. The predicted molar refractivity (Wildman–Crippen MR) is 58.2 cm³/mol. The van der Waals surface area contributed by atoms with E-state index in [2.05, 4.69) is 11.3 Å². The van der Waals surface area contributed by atoms with E-state index < -0.39 is 0 Å². The van der Waals surface area contributed by atoms with Crippen molar-refractivity contribution in [2.24, 2.45) is 0 Å². The van der Waals surface area contributed by atoms with Crippen LogP contribution in [0.4, 0.5) is 0 Å². The molecule has 0 aromatic carbocycles. The number of esters is 1. The van der Waals surface area contributed by atoms with E-state index in [0.717, 1.165) is 19.1 Å². The van der Waals surface area contributed by atoms with E-state index in [4.69, 9.17) is 4.74 Å². The fourth-order valence-corrected chi connectivity index (χ4v) is 0.595. The van der Waals surface area contributed by atoms with Gasteiger partial charge in [0.05, 0.1) is 12.7 Å². The second-order valence-corrected chi connectivity index (χ2v) is 2.88. The lowest BCUT2D eigenvalue weighted by atomic mass is 10.5. The van der Waals surface area contributed by atoms with Gasteiger partial charge >= 0.3 is 5.97 Å². The van der Waals surface area contributed by atoms with E-state index in [0.29, 0.717) is 12.7 Å². The standard InChI is InChI=1S/C6H10O2.C5H12O/c1-3-5-8-6(7)4-2;1-4-6-5(2)3/h4H,2-3,5H2,1H3;5H,4H2,1-3H3. The van der Waals surface area contributed by atoms with Gasteiger partial charge in [0.1, 0.15) is 0 Å². The van der Waals surface area contributed by atoms with Gasteiger partial charge in [-0.2, -0.15) is 0 Å². The first-order chi connectivity index (χ1) is 6.58. The van der Waals surface area contributed by atoms with Crippen LogP contribution in [0.15, 0.2) is 12.7 Å². The van der Waals surface area contributed by atoms with E-state index in [1.807, 2.05) is 27.7 Å². The van der Waals surface area contributed by atoms with Crippen molar-refractivity contribution in [3.05, 3.63) is 12.7 Å². The van der Waals surface area contributed by atoms with Crippen molar-refractivity contribution >= 4 is 5.97 Å². The number of carbonyl (C=O) groups excluding carboxylic acids is 1. The number of hydrogen-bond acceptors (Lipinski definition) is 3.